The third-order valence-corrected chi connectivity index (χ3v) is 4.51. The van der Waals surface area contributed by atoms with Gasteiger partial charge in [-0.05, 0) is 56.6 Å². The number of nitrogens with zero attached hydrogens (tertiary/aromatic N) is 1. The van der Waals surface area contributed by atoms with Crippen molar-refractivity contribution in [1.29, 1.82) is 0 Å². The zero-order chi connectivity index (χ0) is 21.6. The highest BCUT2D eigenvalue weighted by molar-refractivity contribution is 5.97. The Bertz CT molecular complexity index is 904. The van der Waals surface area contributed by atoms with Crippen LogP contribution in [0.4, 0.5) is 11.4 Å². The fourth-order valence-corrected chi connectivity index (χ4v) is 2.93. The maximum Gasteiger partial charge on any atom is 0.337 e. The van der Waals surface area contributed by atoms with Crippen molar-refractivity contribution in [3.05, 3.63) is 58.7 Å². The largest absolute Gasteiger partial charge is 0.465 e. The number of esters is 1. The number of nitrogens with one attached hydrogen (secondary N) is 2. The van der Waals surface area contributed by atoms with Crippen LogP contribution in [0.1, 0.15) is 27.0 Å². The van der Waals surface area contributed by atoms with E-state index in [0.29, 0.717) is 11.3 Å². The molecule has 7 nitrogen and oxygen atoms in total. The Labute approximate surface area is 171 Å². The second kappa shape index (κ2) is 9.84. The summed E-state index contributed by atoms with van der Waals surface area (Å²) in [5.41, 5.74) is 4.48. The van der Waals surface area contributed by atoms with Crippen molar-refractivity contribution >= 4 is 29.2 Å². The number of ether oxygens (including phenoxy) is 1. The lowest BCUT2D eigenvalue weighted by Crippen LogP contribution is -2.36. The normalized spacial score (nSPS) is 10.6. The number of likely N-dealkylation sites (N-methyl/N-ethyl adjacent to an activating group) is 1. The van der Waals surface area contributed by atoms with E-state index in [9.17, 15) is 14.4 Å². The summed E-state index contributed by atoms with van der Waals surface area (Å²) < 4.78 is 4.71. The lowest BCUT2D eigenvalue weighted by molar-refractivity contribution is -0.119. The van der Waals surface area contributed by atoms with Crippen molar-refractivity contribution in [1.82, 2.24) is 4.90 Å². The standard InChI is InChI=1S/C22H27N3O4/c1-14-9-10-17(22(28)29-5)11-18(14)23-19(26)12-25(4)13-20(27)24-21-15(2)7-6-8-16(21)3/h6-11H,12-13H2,1-5H3,(H,23,26)(H,24,27). The highest BCUT2D eigenvalue weighted by atomic mass is 16.5. The lowest BCUT2D eigenvalue weighted by Gasteiger charge is -2.18. The Morgan fingerprint density at radius 2 is 1.48 bits per heavy atom. The molecule has 7 heteroatoms. The van der Waals surface area contributed by atoms with Crippen LogP contribution in [-0.4, -0.2) is 49.9 Å². The molecular formula is C22H27N3O4. The van der Waals surface area contributed by atoms with Crippen molar-refractivity contribution in [2.45, 2.75) is 20.8 Å². The second-order valence-corrected chi connectivity index (χ2v) is 7.06. The average molecular weight is 397 g/mol. The van der Waals surface area contributed by atoms with E-state index in [2.05, 4.69) is 10.6 Å². The van der Waals surface area contributed by atoms with Crippen LogP contribution in [0.2, 0.25) is 0 Å². The summed E-state index contributed by atoms with van der Waals surface area (Å²) in [5, 5.41) is 5.69. The third-order valence-electron chi connectivity index (χ3n) is 4.51. The van der Waals surface area contributed by atoms with Gasteiger partial charge >= 0.3 is 5.97 Å². The van der Waals surface area contributed by atoms with E-state index in [1.165, 1.54) is 7.11 Å². The summed E-state index contributed by atoms with van der Waals surface area (Å²) in [6.45, 7) is 5.80. The second-order valence-electron chi connectivity index (χ2n) is 7.06. The Morgan fingerprint density at radius 1 is 0.897 bits per heavy atom. The molecule has 0 aliphatic rings. The molecule has 0 aromatic heterocycles. The van der Waals surface area contributed by atoms with Gasteiger partial charge in [0.1, 0.15) is 0 Å². The van der Waals surface area contributed by atoms with E-state index in [-0.39, 0.29) is 24.9 Å². The van der Waals surface area contributed by atoms with Crippen LogP contribution in [-0.2, 0) is 14.3 Å². The Kier molecular flexibility index (Phi) is 7.50. The molecule has 0 bridgehead atoms. The van der Waals surface area contributed by atoms with Gasteiger partial charge in [-0.3, -0.25) is 14.5 Å². The van der Waals surface area contributed by atoms with Gasteiger partial charge < -0.3 is 15.4 Å². The zero-order valence-electron chi connectivity index (χ0n) is 17.5. The molecule has 0 heterocycles. The summed E-state index contributed by atoms with van der Waals surface area (Å²) in [5.74, 6) is -0.945. The number of para-hydroxylation sites is 1. The fourth-order valence-electron chi connectivity index (χ4n) is 2.93. The number of carbonyl (C=O) groups is 3. The maximum atomic E-state index is 12.4. The number of rotatable bonds is 7. The molecule has 2 rings (SSSR count). The number of hydrogen-bond acceptors (Lipinski definition) is 5. The van der Waals surface area contributed by atoms with Crippen molar-refractivity contribution in [3.63, 3.8) is 0 Å². The van der Waals surface area contributed by atoms with Gasteiger partial charge in [0.05, 0.1) is 25.8 Å². The Morgan fingerprint density at radius 3 is 2.07 bits per heavy atom. The first-order valence-electron chi connectivity index (χ1n) is 9.24. The summed E-state index contributed by atoms with van der Waals surface area (Å²) in [6, 6.07) is 10.8. The lowest BCUT2D eigenvalue weighted by atomic mass is 10.1. The number of benzene rings is 2. The van der Waals surface area contributed by atoms with Crippen molar-refractivity contribution in [3.8, 4) is 0 Å². The number of carbonyl (C=O) groups excluding carboxylic acids is 3. The molecular weight excluding hydrogens is 370 g/mol. The zero-order valence-corrected chi connectivity index (χ0v) is 17.5. The van der Waals surface area contributed by atoms with Crippen molar-refractivity contribution in [2.75, 3.05) is 37.9 Å². The van der Waals surface area contributed by atoms with E-state index >= 15 is 0 Å². The minimum absolute atomic E-state index is 0.0298. The number of aryl methyl sites for hydroxylation is 3. The van der Waals surface area contributed by atoms with Gasteiger partial charge in [0.15, 0.2) is 0 Å². The minimum atomic E-state index is -0.471. The number of methoxy groups -OCH3 is 1. The minimum Gasteiger partial charge on any atom is -0.465 e. The predicted molar refractivity (Wildman–Crippen MR) is 113 cm³/mol. The first-order chi connectivity index (χ1) is 13.7. The van der Waals surface area contributed by atoms with E-state index in [1.807, 2.05) is 39.0 Å². The van der Waals surface area contributed by atoms with Crippen LogP contribution in [0.25, 0.3) is 0 Å². The first kappa shape index (κ1) is 22.1. The van der Waals surface area contributed by atoms with E-state index in [1.54, 1.807) is 30.1 Å². The molecule has 2 amide bonds. The SMILES string of the molecule is COC(=O)c1ccc(C)c(NC(=O)CN(C)CC(=O)Nc2c(C)cccc2C)c1. The quantitative estimate of drug-likeness (QED) is 0.702. The molecule has 0 aliphatic carbocycles. The van der Waals surface area contributed by atoms with Gasteiger partial charge in [-0.1, -0.05) is 24.3 Å². The van der Waals surface area contributed by atoms with Gasteiger partial charge in [-0.2, -0.15) is 0 Å². The molecule has 0 atom stereocenters. The highest BCUT2D eigenvalue weighted by Crippen LogP contribution is 2.19. The molecule has 2 aromatic rings. The Hall–Kier alpha value is -3.19. The summed E-state index contributed by atoms with van der Waals surface area (Å²) in [6.07, 6.45) is 0. The smallest absolute Gasteiger partial charge is 0.337 e. The van der Waals surface area contributed by atoms with Crippen LogP contribution < -0.4 is 10.6 Å². The molecule has 0 unspecified atom stereocenters. The molecule has 0 saturated heterocycles. The molecule has 154 valence electrons. The van der Waals surface area contributed by atoms with Gasteiger partial charge in [-0.15, -0.1) is 0 Å². The van der Waals surface area contributed by atoms with Crippen LogP contribution in [0.3, 0.4) is 0 Å². The number of amides is 2. The van der Waals surface area contributed by atoms with Crippen molar-refractivity contribution in [2.24, 2.45) is 0 Å². The molecule has 0 fully saturated rings. The highest BCUT2D eigenvalue weighted by Gasteiger charge is 2.14. The van der Waals surface area contributed by atoms with Crippen LogP contribution in [0.5, 0.6) is 0 Å². The van der Waals surface area contributed by atoms with Gasteiger partial charge in [0.25, 0.3) is 0 Å². The van der Waals surface area contributed by atoms with Crippen LogP contribution in [0.15, 0.2) is 36.4 Å². The predicted octanol–water partition coefficient (Wildman–Crippen LogP) is 2.91. The van der Waals surface area contributed by atoms with Gasteiger partial charge in [0.2, 0.25) is 11.8 Å². The van der Waals surface area contributed by atoms with E-state index in [4.69, 9.17) is 4.74 Å². The van der Waals surface area contributed by atoms with Crippen molar-refractivity contribution < 1.29 is 19.1 Å². The number of anilines is 2. The van der Waals surface area contributed by atoms with Crippen LogP contribution >= 0.6 is 0 Å². The maximum absolute atomic E-state index is 12.4. The topological polar surface area (TPSA) is 87.7 Å². The molecule has 0 radical (unpaired) electrons. The summed E-state index contributed by atoms with van der Waals surface area (Å²) in [4.78, 5) is 38.0. The van der Waals surface area contributed by atoms with Gasteiger partial charge in [0, 0.05) is 11.4 Å². The summed E-state index contributed by atoms with van der Waals surface area (Å²) in [7, 11) is 3.00. The Balaban J connectivity index is 1.94. The molecule has 29 heavy (non-hydrogen) atoms. The van der Waals surface area contributed by atoms with E-state index in [0.717, 1.165) is 22.4 Å². The van der Waals surface area contributed by atoms with E-state index < -0.39 is 5.97 Å². The molecule has 0 spiro atoms. The fraction of sp³-hybridized carbons (Fsp3) is 0.318. The first-order valence-corrected chi connectivity index (χ1v) is 9.24. The average Bonchev–Trinajstić information content (AvgIpc) is 2.65. The monoisotopic (exact) mass is 397 g/mol. The summed E-state index contributed by atoms with van der Waals surface area (Å²) >= 11 is 0. The molecule has 2 aromatic carbocycles. The molecule has 0 saturated carbocycles. The molecule has 2 N–H and O–H groups in total. The van der Waals surface area contributed by atoms with Crippen LogP contribution in [0, 0.1) is 20.8 Å². The van der Waals surface area contributed by atoms with Gasteiger partial charge in [-0.25, -0.2) is 4.79 Å². The third kappa shape index (κ3) is 6.15. The molecule has 0 aliphatic heterocycles. The number of hydrogen-bond donors (Lipinski definition) is 2.